The zero-order valence-electron chi connectivity index (χ0n) is 22.1. The van der Waals surface area contributed by atoms with E-state index in [1.54, 1.807) is 0 Å². The van der Waals surface area contributed by atoms with Gasteiger partial charge in [-0.3, -0.25) is 14.5 Å². The number of nitrogens with one attached hydrogen (secondary N) is 1. The van der Waals surface area contributed by atoms with Crippen LogP contribution >= 0.6 is 23.3 Å². The molecule has 0 unspecified atom stereocenters. The molecule has 0 aliphatic carbocycles. The number of esters is 1. The van der Waals surface area contributed by atoms with Gasteiger partial charge in [-0.1, -0.05) is 43.4 Å². The van der Waals surface area contributed by atoms with E-state index in [9.17, 15) is 19.5 Å². The van der Waals surface area contributed by atoms with Crippen LogP contribution in [0.2, 0.25) is 0 Å². The number of anilines is 1. The van der Waals surface area contributed by atoms with Gasteiger partial charge in [0.2, 0.25) is 16.7 Å². The molecule has 0 aromatic carbocycles. The van der Waals surface area contributed by atoms with Crippen LogP contribution in [0.3, 0.4) is 0 Å². The molecule has 41 heavy (non-hydrogen) atoms. The average molecular weight is 609 g/mol. The number of oxime groups is 1. The number of hydrogen-bond acceptors (Lipinski definition) is 16. The van der Waals surface area contributed by atoms with Gasteiger partial charge in [-0.05, 0) is 16.3 Å². The third-order valence-electron chi connectivity index (χ3n) is 5.54. The molecular weight excluding hydrogens is 580 g/mol. The lowest BCUT2D eigenvalue weighted by Gasteiger charge is -2.49. The first kappa shape index (κ1) is 29.9. The summed E-state index contributed by atoms with van der Waals surface area (Å²) in [4.78, 5) is 50.0. The summed E-state index contributed by atoms with van der Waals surface area (Å²) in [5.41, 5.74) is 5.32. The quantitative estimate of drug-likeness (QED) is 0.0581. The topological polar surface area (TPSA) is 222 Å². The fraction of sp³-hybridized carbons (Fsp3) is 0.500. The standard InChI is InChI=1S/C22H28N10O7S2/c1-4-7-37-20(36)16-13(10-40-22-26-29-30-31(22)5-6-33)38-9-12-14(19(35)32(12)16)24-18(34)15(27-39-8-11(2)3)17-25-21(23)41-28-17/h4,11-12,14,33H,1,5-10H2,2-3H3,(H,24,34)(H2,23,25,28)/b27-15-/t12-,14+/m1/s1. The number of hydrogen-bond donors (Lipinski definition) is 3. The lowest BCUT2D eigenvalue weighted by molar-refractivity contribution is -0.161. The third kappa shape index (κ3) is 6.80. The Bertz CT molecular complexity index is 1360. The van der Waals surface area contributed by atoms with E-state index in [2.05, 4.69) is 41.9 Å². The SMILES string of the molecule is C=CCOC(=O)C1=C(CSc2nnnn2CCO)OC[C@@H]2[C@H](NC(=O)/C(=N\OCC(C)C)c3nsc(N)n3)C(=O)N12. The number of ether oxygens (including phenoxy) is 2. The first-order chi connectivity index (χ1) is 19.7. The molecule has 2 aliphatic rings. The van der Waals surface area contributed by atoms with Crippen LogP contribution < -0.4 is 11.1 Å². The van der Waals surface area contributed by atoms with Crippen molar-refractivity contribution in [2.45, 2.75) is 37.6 Å². The maximum absolute atomic E-state index is 13.3. The van der Waals surface area contributed by atoms with Crippen molar-refractivity contribution in [1.82, 2.24) is 39.8 Å². The van der Waals surface area contributed by atoms with Crippen molar-refractivity contribution >= 4 is 51.9 Å². The molecule has 220 valence electrons. The Morgan fingerprint density at radius 1 is 1.44 bits per heavy atom. The zero-order valence-corrected chi connectivity index (χ0v) is 23.8. The number of nitrogens with zero attached hydrogens (tertiary/aromatic N) is 8. The Balaban J connectivity index is 1.52. The van der Waals surface area contributed by atoms with E-state index in [4.69, 9.17) is 20.0 Å². The number of β-lactam (4-membered cyclic amide) rings is 1. The van der Waals surface area contributed by atoms with Gasteiger partial charge in [-0.25, -0.2) is 9.48 Å². The van der Waals surface area contributed by atoms with Crippen molar-refractivity contribution in [3.8, 4) is 0 Å². The van der Waals surface area contributed by atoms with Crippen molar-refractivity contribution < 1.29 is 33.8 Å². The fourth-order valence-corrected chi connectivity index (χ4v) is 4.99. The number of aromatic nitrogens is 6. The van der Waals surface area contributed by atoms with E-state index in [1.165, 1.54) is 15.7 Å². The number of carbonyl (C=O) groups is 3. The molecule has 2 amide bonds. The van der Waals surface area contributed by atoms with Crippen molar-refractivity contribution in [3.63, 3.8) is 0 Å². The largest absolute Gasteiger partial charge is 0.492 e. The van der Waals surface area contributed by atoms with E-state index >= 15 is 0 Å². The molecule has 4 N–H and O–H groups in total. The molecule has 1 saturated heterocycles. The average Bonchev–Trinajstić information content (AvgIpc) is 3.59. The Morgan fingerprint density at radius 2 is 2.24 bits per heavy atom. The minimum Gasteiger partial charge on any atom is -0.492 e. The second kappa shape index (κ2) is 13.5. The second-order valence-corrected chi connectivity index (χ2v) is 10.7. The molecule has 17 nitrogen and oxygen atoms in total. The summed E-state index contributed by atoms with van der Waals surface area (Å²) in [5.74, 6) is -1.78. The Morgan fingerprint density at radius 3 is 2.93 bits per heavy atom. The molecule has 2 atom stereocenters. The van der Waals surface area contributed by atoms with Gasteiger partial charge in [0, 0.05) is 11.5 Å². The zero-order chi connectivity index (χ0) is 29.5. The molecule has 0 spiro atoms. The molecule has 1 fully saturated rings. The summed E-state index contributed by atoms with van der Waals surface area (Å²) in [6.45, 7) is 7.48. The predicted molar refractivity (Wildman–Crippen MR) is 144 cm³/mol. The van der Waals surface area contributed by atoms with Crippen LogP contribution in [0, 0.1) is 5.92 Å². The van der Waals surface area contributed by atoms with Gasteiger partial charge in [0.25, 0.3) is 11.8 Å². The van der Waals surface area contributed by atoms with Gasteiger partial charge < -0.3 is 30.5 Å². The molecule has 2 aliphatic heterocycles. The van der Waals surface area contributed by atoms with Crippen LogP contribution in [0.25, 0.3) is 0 Å². The van der Waals surface area contributed by atoms with Gasteiger partial charge >= 0.3 is 5.97 Å². The van der Waals surface area contributed by atoms with Crippen LogP contribution in [0.1, 0.15) is 19.7 Å². The maximum Gasteiger partial charge on any atom is 0.358 e. The molecule has 0 bridgehead atoms. The number of rotatable bonds is 14. The van der Waals surface area contributed by atoms with Crippen LogP contribution in [-0.2, 0) is 35.2 Å². The molecular formula is C22H28N10O7S2. The highest BCUT2D eigenvalue weighted by atomic mass is 32.2. The number of aliphatic hydroxyl groups excluding tert-OH is 1. The highest BCUT2D eigenvalue weighted by Crippen LogP contribution is 2.35. The number of fused-ring (bicyclic) bond motifs is 1. The normalized spacial score (nSPS) is 18.5. The van der Waals surface area contributed by atoms with E-state index in [-0.39, 0.29) is 72.8 Å². The number of carbonyl (C=O) groups excluding carboxylic acids is 3. The third-order valence-corrected chi connectivity index (χ3v) is 7.04. The van der Waals surface area contributed by atoms with Crippen molar-refractivity contribution in [3.05, 3.63) is 29.9 Å². The van der Waals surface area contributed by atoms with Gasteiger partial charge in [0.1, 0.15) is 37.7 Å². The van der Waals surface area contributed by atoms with Crippen LogP contribution in [0.5, 0.6) is 0 Å². The molecule has 4 heterocycles. The van der Waals surface area contributed by atoms with E-state index < -0.39 is 29.9 Å². The monoisotopic (exact) mass is 608 g/mol. The minimum atomic E-state index is -1.04. The number of tetrazole rings is 1. The van der Waals surface area contributed by atoms with Crippen LogP contribution in [-0.4, -0.2) is 107 Å². The van der Waals surface area contributed by atoms with Crippen molar-refractivity contribution in [1.29, 1.82) is 0 Å². The highest BCUT2D eigenvalue weighted by Gasteiger charge is 2.55. The number of aliphatic hydroxyl groups is 1. The number of amides is 2. The smallest absolute Gasteiger partial charge is 0.358 e. The highest BCUT2D eigenvalue weighted by molar-refractivity contribution is 7.99. The Kier molecular flexibility index (Phi) is 9.84. The van der Waals surface area contributed by atoms with Crippen molar-refractivity contribution in [2.75, 3.05) is 37.9 Å². The molecule has 2 aromatic rings. The van der Waals surface area contributed by atoms with Crippen molar-refractivity contribution in [2.24, 2.45) is 11.1 Å². The van der Waals surface area contributed by atoms with E-state index in [0.29, 0.717) is 5.16 Å². The molecule has 0 radical (unpaired) electrons. The maximum atomic E-state index is 13.3. The predicted octanol–water partition coefficient (Wildman–Crippen LogP) is -1.07. The molecule has 19 heteroatoms. The van der Waals surface area contributed by atoms with Gasteiger partial charge in [-0.2, -0.15) is 9.36 Å². The summed E-state index contributed by atoms with van der Waals surface area (Å²) in [6.07, 6.45) is 1.39. The summed E-state index contributed by atoms with van der Waals surface area (Å²) in [5, 5.41) is 27.5. The van der Waals surface area contributed by atoms with Gasteiger partial charge in [0.05, 0.1) is 18.9 Å². The minimum absolute atomic E-state index is 0.0232. The first-order valence-corrected chi connectivity index (χ1v) is 14.1. The first-order valence-electron chi connectivity index (χ1n) is 12.3. The number of nitrogen functional groups attached to an aromatic ring is 1. The molecule has 4 rings (SSSR count). The van der Waals surface area contributed by atoms with Gasteiger partial charge in [0.15, 0.2) is 10.8 Å². The lowest BCUT2D eigenvalue weighted by Crippen LogP contribution is -2.73. The van der Waals surface area contributed by atoms with Gasteiger partial charge in [-0.15, -0.1) is 5.10 Å². The van der Waals surface area contributed by atoms with Crippen LogP contribution in [0.4, 0.5) is 5.13 Å². The number of nitrogens with two attached hydrogens (primary N) is 1. The fourth-order valence-electron chi connectivity index (χ4n) is 3.70. The Hall–Kier alpha value is -4.10. The Labute approximate surface area is 241 Å². The van der Waals surface area contributed by atoms with Crippen LogP contribution in [0.15, 0.2) is 34.4 Å². The summed E-state index contributed by atoms with van der Waals surface area (Å²) in [6, 6.07) is -1.75. The number of thioether (sulfide) groups is 1. The lowest BCUT2D eigenvalue weighted by atomic mass is 9.92. The van der Waals surface area contributed by atoms with E-state index in [1.807, 2.05) is 13.8 Å². The molecule has 2 aromatic heterocycles. The summed E-state index contributed by atoms with van der Waals surface area (Å²) in [7, 11) is 0. The second-order valence-electron chi connectivity index (χ2n) is 8.98. The molecule has 0 saturated carbocycles. The summed E-state index contributed by atoms with van der Waals surface area (Å²) >= 11 is 2.02. The summed E-state index contributed by atoms with van der Waals surface area (Å²) < 4.78 is 16.5. The van der Waals surface area contributed by atoms with E-state index in [0.717, 1.165) is 23.3 Å².